The van der Waals surface area contributed by atoms with Gasteiger partial charge in [0.2, 0.25) is 0 Å². The molecule has 0 radical (unpaired) electrons. The molecule has 2 aromatic rings. The molecular weight excluding hydrogens is 214 g/mol. The summed E-state index contributed by atoms with van der Waals surface area (Å²) >= 11 is 0. The Bertz CT molecular complexity index is 542. The van der Waals surface area contributed by atoms with Crippen LogP contribution < -0.4 is 4.74 Å². The van der Waals surface area contributed by atoms with Gasteiger partial charge in [-0.15, -0.1) is 0 Å². The van der Waals surface area contributed by atoms with Crippen LogP contribution in [0.15, 0.2) is 24.4 Å². The Balaban J connectivity index is 2.60. The number of aromatic nitrogens is 1. The summed E-state index contributed by atoms with van der Waals surface area (Å²) in [6, 6.07) is 6.18. The summed E-state index contributed by atoms with van der Waals surface area (Å²) in [6.45, 7) is 2.04. The second-order valence-corrected chi connectivity index (χ2v) is 4.35. The molecule has 1 atom stereocenters. The van der Waals surface area contributed by atoms with Crippen molar-refractivity contribution in [1.82, 2.24) is 4.57 Å². The minimum Gasteiger partial charge on any atom is -0.496 e. The summed E-state index contributed by atoms with van der Waals surface area (Å²) in [7, 11) is 3.69. The Hall–Kier alpha value is -1.77. The van der Waals surface area contributed by atoms with E-state index in [0.29, 0.717) is 6.42 Å². The molecule has 0 saturated heterocycles. The number of hydrogen-bond donors (Lipinski definition) is 0. The lowest BCUT2D eigenvalue weighted by Gasteiger charge is -2.14. The van der Waals surface area contributed by atoms with Crippen LogP contribution in [0.2, 0.25) is 0 Å². The molecule has 3 heteroatoms. The lowest BCUT2D eigenvalue weighted by atomic mass is 9.96. The molecule has 2 rings (SSSR count). The fourth-order valence-corrected chi connectivity index (χ4v) is 2.23. The van der Waals surface area contributed by atoms with Gasteiger partial charge in [0.05, 0.1) is 12.6 Å². The van der Waals surface area contributed by atoms with E-state index in [4.69, 9.17) is 4.74 Å². The third-order valence-electron chi connectivity index (χ3n) is 3.23. The van der Waals surface area contributed by atoms with Crippen molar-refractivity contribution in [3.05, 3.63) is 30.0 Å². The third-order valence-corrected chi connectivity index (χ3v) is 3.23. The van der Waals surface area contributed by atoms with Crippen molar-refractivity contribution in [2.75, 3.05) is 7.11 Å². The molecule has 0 aliphatic carbocycles. The van der Waals surface area contributed by atoms with Gasteiger partial charge in [0.25, 0.3) is 0 Å². The third kappa shape index (κ3) is 1.93. The molecule has 90 valence electrons. The highest BCUT2D eigenvalue weighted by atomic mass is 16.5. The summed E-state index contributed by atoms with van der Waals surface area (Å²) in [4.78, 5) is 10.6. The number of ether oxygens (including phenoxy) is 1. The number of fused-ring (bicyclic) bond motifs is 1. The first-order chi connectivity index (χ1) is 8.19. The second kappa shape index (κ2) is 4.62. The first kappa shape index (κ1) is 11.7. The number of aldehydes is 1. The van der Waals surface area contributed by atoms with E-state index in [1.54, 1.807) is 7.11 Å². The smallest absolute Gasteiger partial charge is 0.131 e. The SMILES string of the molecule is COc1c(C(C)CC=O)ccc2c1ccn2C. The van der Waals surface area contributed by atoms with Crippen LogP contribution in [0.5, 0.6) is 5.75 Å². The normalized spacial score (nSPS) is 12.6. The first-order valence-corrected chi connectivity index (χ1v) is 5.74. The molecule has 0 bridgehead atoms. The van der Waals surface area contributed by atoms with Crippen molar-refractivity contribution < 1.29 is 9.53 Å². The Labute approximate surface area is 101 Å². The average molecular weight is 231 g/mol. The van der Waals surface area contributed by atoms with Crippen LogP contribution in [0.3, 0.4) is 0 Å². The van der Waals surface area contributed by atoms with E-state index in [1.807, 2.05) is 26.2 Å². The van der Waals surface area contributed by atoms with Crippen LogP contribution in [0, 0.1) is 0 Å². The highest BCUT2D eigenvalue weighted by molar-refractivity contribution is 5.88. The van der Waals surface area contributed by atoms with E-state index < -0.39 is 0 Å². The maximum Gasteiger partial charge on any atom is 0.131 e. The minimum atomic E-state index is 0.187. The zero-order valence-corrected chi connectivity index (χ0v) is 10.4. The highest BCUT2D eigenvalue weighted by Crippen LogP contribution is 2.35. The van der Waals surface area contributed by atoms with Gasteiger partial charge >= 0.3 is 0 Å². The monoisotopic (exact) mass is 231 g/mol. The summed E-state index contributed by atoms with van der Waals surface area (Å²) in [5.41, 5.74) is 2.24. The molecule has 1 aromatic heterocycles. The van der Waals surface area contributed by atoms with Crippen molar-refractivity contribution in [3.8, 4) is 5.75 Å². The van der Waals surface area contributed by atoms with Gasteiger partial charge in [-0.3, -0.25) is 0 Å². The highest BCUT2D eigenvalue weighted by Gasteiger charge is 2.15. The first-order valence-electron chi connectivity index (χ1n) is 5.74. The van der Waals surface area contributed by atoms with Gasteiger partial charge in [-0.05, 0) is 23.6 Å². The molecule has 1 unspecified atom stereocenters. The van der Waals surface area contributed by atoms with E-state index in [-0.39, 0.29) is 5.92 Å². The minimum absolute atomic E-state index is 0.187. The van der Waals surface area contributed by atoms with E-state index >= 15 is 0 Å². The number of methoxy groups -OCH3 is 1. The van der Waals surface area contributed by atoms with Gasteiger partial charge in [-0.25, -0.2) is 0 Å². The summed E-state index contributed by atoms with van der Waals surface area (Å²) in [5, 5.41) is 1.10. The van der Waals surface area contributed by atoms with Gasteiger partial charge in [-0.1, -0.05) is 13.0 Å². The van der Waals surface area contributed by atoms with Gasteiger partial charge in [-0.2, -0.15) is 0 Å². The summed E-state index contributed by atoms with van der Waals surface area (Å²) in [6.07, 6.45) is 3.50. The fourth-order valence-electron chi connectivity index (χ4n) is 2.23. The van der Waals surface area contributed by atoms with Gasteiger partial charge in [0, 0.05) is 25.1 Å². The summed E-state index contributed by atoms with van der Waals surface area (Å²) < 4.78 is 7.57. The van der Waals surface area contributed by atoms with E-state index in [2.05, 4.69) is 16.7 Å². The number of benzene rings is 1. The Kier molecular flexibility index (Phi) is 3.18. The standard InChI is InChI=1S/C14H17NO2/c1-10(7-9-16)11-4-5-13-12(14(11)17-3)6-8-15(13)2/h4-6,8-10H,7H2,1-3H3. The molecular formula is C14H17NO2. The van der Waals surface area contributed by atoms with Gasteiger partial charge < -0.3 is 14.1 Å². The van der Waals surface area contributed by atoms with E-state index in [1.165, 1.54) is 0 Å². The molecule has 0 amide bonds. The zero-order chi connectivity index (χ0) is 12.4. The quantitative estimate of drug-likeness (QED) is 0.758. The second-order valence-electron chi connectivity index (χ2n) is 4.35. The van der Waals surface area contributed by atoms with Crippen molar-refractivity contribution in [2.24, 2.45) is 7.05 Å². The molecule has 0 aliphatic heterocycles. The van der Waals surface area contributed by atoms with Crippen LogP contribution in [-0.2, 0) is 11.8 Å². The van der Waals surface area contributed by atoms with E-state index in [0.717, 1.165) is 28.5 Å². The van der Waals surface area contributed by atoms with Crippen LogP contribution in [0.4, 0.5) is 0 Å². The van der Waals surface area contributed by atoms with Crippen molar-refractivity contribution in [2.45, 2.75) is 19.3 Å². The Morgan fingerprint density at radius 3 is 2.82 bits per heavy atom. The number of aryl methyl sites for hydroxylation is 1. The molecule has 0 N–H and O–H groups in total. The number of hydrogen-bond acceptors (Lipinski definition) is 2. The predicted octanol–water partition coefficient (Wildman–Crippen LogP) is 2.88. The molecule has 0 aliphatic rings. The number of carbonyl (C=O) groups is 1. The predicted molar refractivity (Wildman–Crippen MR) is 68.6 cm³/mol. The molecule has 3 nitrogen and oxygen atoms in total. The molecule has 17 heavy (non-hydrogen) atoms. The van der Waals surface area contributed by atoms with Crippen LogP contribution in [-0.4, -0.2) is 18.0 Å². The van der Waals surface area contributed by atoms with Crippen LogP contribution in [0.25, 0.3) is 10.9 Å². The Morgan fingerprint density at radius 2 is 2.18 bits per heavy atom. The largest absolute Gasteiger partial charge is 0.496 e. The van der Waals surface area contributed by atoms with Crippen molar-refractivity contribution in [1.29, 1.82) is 0 Å². The molecule has 0 saturated carbocycles. The van der Waals surface area contributed by atoms with Gasteiger partial charge in [0.1, 0.15) is 12.0 Å². The summed E-state index contributed by atoms with van der Waals surface area (Å²) in [5.74, 6) is 1.07. The van der Waals surface area contributed by atoms with Crippen LogP contribution >= 0.6 is 0 Å². The average Bonchev–Trinajstić information content (AvgIpc) is 2.70. The molecule has 1 heterocycles. The number of nitrogens with zero attached hydrogens (tertiary/aromatic N) is 1. The molecule has 1 aromatic carbocycles. The van der Waals surface area contributed by atoms with Crippen molar-refractivity contribution in [3.63, 3.8) is 0 Å². The van der Waals surface area contributed by atoms with Crippen LogP contribution in [0.1, 0.15) is 24.8 Å². The molecule has 0 fully saturated rings. The fraction of sp³-hybridized carbons (Fsp3) is 0.357. The molecule has 0 spiro atoms. The lowest BCUT2D eigenvalue weighted by Crippen LogP contribution is -1.99. The topological polar surface area (TPSA) is 31.2 Å². The van der Waals surface area contributed by atoms with E-state index in [9.17, 15) is 4.79 Å². The zero-order valence-electron chi connectivity index (χ0n) is 10.4. The maximum atomic E-state index is 10.6. The van der Waals surface area contributed by atoms with Crippen molar-refractivity contribution >= 4 is 17.2 Å². The Morgan fingerprint density at radius 1 is 1.41 bits per heavy atom. The maximum absolute atomic E-state index is 10.6. The number of carbonyl (C=O) groups excluding carboxylic acids is 1. The lowest BCUT2D eigenvalue weighted by molar-refractivity contribution is -0.108. The van der Waals surface area contributed by atoms with Gasteiger partial charge in [0.15, 0.2) is 0 Å². The number of rotatable bonds is 4.